The van der Waals surface area contributed by atoms with Gasteiger partial charge in [-0.1, -0.05) is 0 Å². The number of rotatable bonds is 1. The second kappa shape index (κ2) is 1.45. The highest BCUT2D eigenvalue weighted by atomic mass is 32.2. The zero-order valence-electron chi connectivity index (χ0n) is 4.96. The molecule has 8 heavy (non-hydrogen) atoms. The minimum atomic E-state index is -2.85. The predicted octanol–water partition coefficient (Wildman–Crippen LogP) is -0.350. The van der Waals surface area contributed by atoms with E-state index in [1.807, 2.05) is 6.92 Å². The van der Waals surface area contributed by atoms with E-state index >= 15 is 0 Å². The van der Waals surface area contributed by atoms with Gasteiger partial charge in [-0.2, -0.15) is 4.31 Å². The normalized spacial score (nSPS) is 37.2. The molecule has 0 aromatic heterocycles. The summed E-state index contributed by atoms with van der Waals surface area (Å²) in [6.45, 7) is 2.60. The van der Waals surface area contributed by atoms with Gasteiger partial charge in [0.1, 0.15) is 0 Å². The molecule has 0 aliphatic carbocycles. The lowest BCUT2D eigenvalue weighted by atomic mass is 10.6. The van der Waals surface area contributed by atoms with Gasteiger partial charge in [0.2, 0.25) is 10.0 Å². The Morgan fingerprint density at radius 3 is 2.00 bits per heavy atom. The fraction of sp³-hybridized carbons (Fsp3) is 1.00. The van der Waals surface area contributed by atoms with E-state index in [1.165, 1.54) is 10.6 Å². The Kier molecular flexibility index (Phi) is 1.09. The van der Waals surface area contributed by atoms with Crippen LogP contribution in [0.1, 0.15) is 6.92 Å². The van der Waals surface area contributed by atoms with Crippen LogP contribution in [0.4, 0.5) is 0 Å². The quantitative estimate of drug-likeness (QED) is 0.461. The zero-order valence-corrected chi connectivity index (χ0v) is 5.77. The van der Waals surface area contributed by atoms with E-state index in [0.717, 1.165) is 0 Å². The van der Waals surface area contributed by atoms with Gasteiger partial charge in [-0.3, -0.25) is 0 Å². The van der Waals surface area contributed by atoms with Gasteiger partial charge in [0.05, 0.1) is 6.26 Å². The molecule has 0 amide bonds. The second-order valence-corrected chi connectivity index (χ2v) is 4.12. The van der Waals surface area contributed by atoms with Gasteiger partial charge in [0, 0.05) is 12.6 Å². The third-order valence-electron chi connectivity index (χ3n) is 1.23. The molecule has 1 aliphatic rings. The Balaban J connectivity index is 2.66. The van der Waals surface area contributed by atoms with Crippen molar-refractivity contribution >= 4 is 10.0 Å². The van der Waals surface area contributed by atoms with Crippen LogP contribution in [-0.4, -0.2) is 31.6 Å². The summed E-state index contributed by atoms with van der Waals surface area (Å²) >= 11 is 0. The lowest BCUT2D eigenvalue weighted by Gasteiger charge is -1.92. The maximum absolute atomic E-state index is 10.5. The predicted molar refractivity (Wildman–Crippen MR) is 31.0 cm³/mol. The van der Waals surface area contributed by atoms with Crippen molar-refractivity contribution in [1.82, 2.24) is 4.31 Å². The van der Waals surface area contributed by atoms with Gasteiger partial charge in [-0.05, 0) is 6.92 Å². The molecule has 0 N–H and O–H groups in total. The second-order valence-electron chi connectivity index (χ2n) is 2.18. The van der Waals surface area contributed by atoms with Gasteiger partial charge >= 0.3 is 0 Å². The van der Waals surface area contributed by atoms with E-state index in [-0.39, 0.29) is 6.04 Å². The van der Waals surface area contributed by atoms with Crippen LogP contribution in [0.15, 0.2) is 0 Å². The molecule has 1 heterocycles. The maximum atomic E-state index is 10.5. The molecule has 2 unspecified atom stereocenters. The third-order valence-corrected chi connectivity index (χ3v) is 2.59. The van der Waals surface area contributed by atoms with Gasteiger partial charge in [0.25, 0.3) is 0 Å². The van der Waals surface area contributed by atoms with Crippen molar-refractivity contribution in [3.8, 4) is 0 Å². The van der Waals surface area contributed by atoms with Crippen LogP contribution in [0.25, 0.3) is 0 Å². The highest BCUT2D eigenvalue weighted by Gasteiger charge is 2.36. The lowest BCUT2D eigenvalue weighted by Crippen LogP contribution is -2.09. The fourth-order valence-corrected chi connectivity index (χ4v) is 1.82. The first-order valence-corrected chi connectivity index (χ1v) is 4.33. The van der Waals surface area contributed by atoms with Crippen LogP contribution in [0.5, 0.6) is 0 Å². The maximum Gasteiger partial charge on any atom is 0.211 e. The summed E-state index contributed by atoms with van der Waals surface area (Å²) < 4.78 is 22.5. The average Bonchev–Trinajstić information content (AvgIpc) is 2.13. The minimum Gasteiger partial charge on any atom is -0.212 e. The molecular weight excluding hydrogens is 126 g/mol. The summed E-state index contributed by atoms with van der Waals surface area (Å²) in [4.78, 5) is 0. The Morgan fingerprint density at radius 1 is 1.62 bits per heavy atom. The van der Waals surface area contributed by atoms with Crippen LogP contribution in [-0.2, 0) is 10.0 Å². The van der Waals surface area contributed by atoms with Gasteiger partial charge < -0.3 is 0 Å². The van der Waals surface area contributed by atoms with Crippen molar-refractivity contribution in [3.63, 3.8) is 0 Å². The highest BCUT2D eigenvalue weighted by molar-refractivity contribution is 7.88. The summed E-state index contributed by atoms with van der Waals surface area (Å²) in [5.74, 6) is 0. The molecule has 1 aliphatic heterocycles. The molecule has 1 rings (SSSR count). The molecule has 0 aromatic carbocycles. The van der Waals surface area contributed by atoms with Crippen LogP contribution in [0, 0.1) is 0 Å². The smallest absolute Gasteiger partial charge is 0.211 e. The molecule has 1 fully saturated rings. The Morgan fingerprint density at radius 2 is 2.00 bits per heavy atom. The first kappa shape index (κ1) is 6.04. The molecule has 0 saturated carbocycles. The standard InChI is InChI=1S/C4H9NO2S/c1-4-3-5(4)8(2,6)7/h4H,3H2,1-2H3. The number of nitrogens with zero attached hydrogens (tertiary/aromatic N) is 1. The van der Waals surface area contributed by atoms with E-state index in [9.17, 15) is 8.42 Å². The summed E-state index contributed by atoms with van der Waals surface area (Å²) in [6.07, 6.45) is 1.23. The molecule has 48 valence electrons. The Hall–Kier alpha value is -0.0900. The van der Waals surface area contributed by atoms with Crippen LogP contribution in [0.2, 0.25) is 0 Å². The van der Waals surface area contributed by atoms with Gasteiger partial charge in [0.15, 0.2) is 0 Å². The van der Waals surface area contributed by atoms with E-state index in [2.05, 4.69) is 0 Å². The number of sulfonamides is 1. The largest absolute Gasteiger partial charge is 0.212 e. The van der Waals surface area contributed by atoms with Gasteiger partial charge in [-0.15, -0.1) is 0 Å². The first-order valence-electron chi connectivity index (χ1n) is 2.48. The van der Waals surface area contributed by atoms with E-state index in [4.69, 9.17) is 0 Å². The molecule has 0 radical (unpaired) electrons. The molecule has 3 nitrogen and oxygen atoms in total. The van der Waals surface area contributed by atoms with Crippen molar-refractivity contribution < 1.29 is 8.42 Å². The minimum absolute atomic E-state index is 0.255. The Bertz CT molecular complexity index is 184. The topological polar surface area (TPSA) is 37.1 Å². The molecule has 0 bridgehead atoms. The van der Waals surface area contributed by atoms with Crippen LogP contribution >= 0.6 is 0 Å². The molecule has 2 atom stereocenters. The molecule has 0 spiro atoms. The molecule has 1 saturated heterocycles. The number of hydrogen-bond donors (Lipinski definition) is 0. The van der Waals surface area contributed by atoms with E-state index in [1.54, 1.807) is 0 Å². The fourth-order valence-electron chi connectivity index (χ4n) is 0.676. The monoisotopic (exact) mass is 135 g/mol. The summed E-state index contributed by atoms with van der Waals surface area (Å²) in [5, 5.41) is 0. The van der Waals surface area contributed by atoms with Crippen molar-refractivity contribution in [2.75, 3.05) is 12.8 Å². The lowest BCUT2D eigenvalue weighted by molar-refractivity contribution is 0.562. The molecule has 0 aromatic rings. The summed E-state index contributed by atoms with van der Waals surface area (Å²) in [7, 11) is -2.85. The van der Waals surface area contributed by atoms with Crippen molar-refractivity contribution in [1.29, 1.82) is 0 Å². The van der Waals surface area contributed by atoms with E-state index < -0.39 is 10.0 Å². The van der Waals surface area contributed by atoms with Crippen LogP contribution in [0.3, 0.4) is 0 Å². The Labute approximate surface area is 49.3 Å². The molecular formula is C4H9NO2S. The van der Waals surface area contributed by atoms with E-state index in [0.29, 0.717) is 6.54 Å². The molecule has 4 heteroatoms. The summed E-state index contributed by atoms with van der Waals surface area (Å²) in [5.41, 5.74) is 0. The third kappa shape index (κ3) is 1.00. The summed E-state index contributed by atoms with van der Waals surface area (Å²) in [6, 6.07) is 0.255. The number of hydrogen-bond acceptors (Lipinski definition) is 2. The van der Waals surface area contributed by atoms with Crippen molar-refractivity contribution in [2.24, 2.45) is 0 Å². The van der Waals surface area contributed by atoms with Crippen molar-refractivity contribution in [3.05, 3.63) is 0 Å². The average molecular weight is 135 g/mol. The van der Waals surface area contributed by atoms with Crippen LogP contribution < -0.4 is 0 Å². The van der Waals surface area contributed by atoms with Gasteiger partial charge in [-0.25, -0.2) is 8.42 Å². The highest BCUT2D eigenvalue weighted by Crippen LogP contribution is 2.19. The SMILES string of the molecule is CC1CN1S(C)(=O)=O. The van der Waals surface area contributed by atoms with Crippen molar-refractivity contribution in [2.45, 2.75) is 13.0 Å². The zero-order chi connectivity index (χ0) is 6.36. The first-order chi connectivity index (χ1) is 3.52.